The maximum Gasteiger partial charge on any atom is 0.318 e. The zero-order valence-corrected chi connectivity index (χ0v) is 11.4. The number of hydrogen-bond donors (Lipinski definition) is 2. The number of nitrogens with one attached hydrogen (secondary N) is 1. The SMILES string of the molecule is CCNC(=O)N1C[C@@H](Oc2ccccc2)C[C@H]1C(N)=O. The van der Waals surface area contributed by atoms with E-state index in [0.29, 0.717) is 19.5 Å². The lowest BCUT2D eigenvalue weighted by Gasteiger charge is -2.21. The summed E-state index contributed by atoms with van der Waals surface area (Å²) in [4.78, 5) is 24.8. The van der Waals surface area contributed by atoms with Crippen LogP contribution in [-0.2, 0) is 4.79 Å². The number of likely N-dealkylation sites (tertiary alicyclic amines) is 1. The van der Waals surface area contributed by atoms with Gasteiger partial charge in [0.1, 0.15) is 17.9 Å². The highest BCUT2D eigenvalue weighted by atomic mass is 16.5. The molecule has 0 aromatic heterocycles. The van der Waals surface area contributed by atoms with Gasteiger partial charge in [-0.25, -0.2) is 4.79 Å². The molecule has 3 amide bonds. The van der Waals surface area contributed by atoms with Crippen molar-refractivity contribution in [2.75, 3.05) is 13.1 Å². The molecule has 1 aliphatic rings. The van der Waals surface area contributed by atoms with Gasteiger partial charge in [-0.05, 0) is 19.1 Å². The molecule has 0 unspecified atom stereocenters. The number of rotatable bonds is 4. The van der Waals surface area contributed by atoms with E-state index in [9.17, 15) is 9.59 Å². The highest BCUT2D eigenvalue weighted by Crippen LogP contribution is 2.22. The minimum absolute atomic E-state index is 0.225. The van der Waals surface area contributed by atoms with Crippen molar-refractivity contribution in [2.24, 2.45) is 5.73 Å². The van der Waals surface area contributed by atoms with Crippen LogP contribution in [0.25, 0.3) is 0 Å². The number of nitrogens with two attached hydrogens (primary N) is 1. The zero-order chi connectivity index (χ0) is 14.5. The first-order valence-electron chi connectivity index (χ1n) is 6.67. The molecule has 1 fully saturated rings. The minimum Gasteiger partial charge on any atom is -0.488 e. The Morgan fingerprint density at radius 1 is 1.40 bits per heavy atom. The molecule has 0 aliphatic carbocycles. The summed E-state index contributed by atoms with van der Waals surface area (Å²) < 4.78 is 5.78. The number of urea groups is 1. The summed E-state index contributed by atoms with van der Waals surface area (Å²) in [5.41, 5.74) is 5.36. The van der Waals surface area contributed by atoms with Crippen LogP contribution in [0.5, 0.6) is 5.75 Å². The molecule has 1 heterocycles. The second kappa shape index (κ2) is 6.27. The van der Waals surface area contributed by atoms with Crippen LogP contribution in [0.1, 0.15) is 13.3 Å². The van der Waals surface area contributed by atoms with Crippen LogP contribution in [0.15, 0.2) is 30.3 Å². The Morgan fingerprint density at radius 3 is 2.70 bits per heavy atom. The fraction of sp³-hybridized carbons (Fsp3) is 0.429. The van der Waals surface area contributed by atoms with Crippen molar-refractivity contribution in [1.82, 2.24) is 10.2 Å². The van der Waals surface area contributed by atoms with Gasteiger partial charge in [-0.1, -0.05) is 18.2 Å². The topological polar surface area (TPSA) is 84.7 Å². The smallest absolute Gasteiger partial charge is 0.318 e. The van der Waals surface area contributed by atoms with E-state index >= 15 is 0 Å². The summed E-state index contributed by atoms with van der Waals surface area (Å²) in [5, 5.41) is 2.68. The molecule has 1 aliphatic heterocycles. The van der Waals surface area contributed by atoms with Gasteiger partial charge >= 0.3 is 6.03 Å². The van der Waals surface area contributed by atoms with E-state index in [4.69, 9.17) is 10.5 Å². The number of nitrogens with zero attached hydrogens (tertiary/aromatic N) is 1. The van der Waals surface area contributed by atoms with Crippen molar-refractivity contribution in [1.29, 1.82) is 0 Å². The Bertz CT molecular complexity index is 478. The Morgan fingerprint density at radius 2 is 2.10 bits per heavy atom. The molecule has 2 atom stereocenters. The molecular weight excluding hydrogens is 258 g/mol. The Hall–Kier alpha value is -2.24. The van der Waals surface area contributed by atoms with Gasteiger partial charge in [0.05, 0.1) is 6.54 Å². The fourth-order valence-corrected chi connectivity index (χ4v) is 2.32. The summed E-state index contributed by atoms with van der Waals surface area (Å²) in [6.07, 6.45) is 0.193. The van der Waals surface area contributed by atoms with Crippen molar-refractivity contribution in [3.8, 4) is 5.75 Å². The van der Waals surface area contributed by atoms with Crippen LogP contribution in [0.4, 0.5) is 4.79 Å². The third-order valence-corrected chi connectivity index (χ3v) is 3.23. The molecule has 6 heteroatoms. The first-order valence-corrected chi connectivity index (χ1v) is 6.67. The highest BCUT2D eigenvalue weighted by molar-refractivity contribution is 5.86. The van der Waals surface area contributed by atoms with Gasteiger partial charge in [0, 0.05) is 13.0 Å². The van der Waals surface area contributed by atoms with Gasteiger partial charge in [-0.2, -0.15) is 0 Å². The van der Waals surface area contributed by atoms with Crippen LogP contribution >= 0.6 is 0 Å². The van der Waals surface area contributed by atoms with Crippen LogP contribution < -0.4 is 15.8 Å². The second-order valence-corrected chi connectivity index (χ2v) is 4.69. The number of benzene rings is 1. The highest BCUT2D eigenvalue weighted by Gasteiger charge is 2.39. The fourth-order valence-electron chi connectivity index (χ4n) is 2.32. The first-order chi connectivity index (χ1) is 9.61. The molecule has 0 radical (unpaired) electrons. The number of carbonyl (C=O) groups is 2. The standard InChI is InChI=1S/C14H19N3O3/c1-2-16-14(19)17-9-11(8-12(17)13(15)18)20-10-6-4-3-5-7-10/h3-7,11-12H,2,8-9H2,1H3,(H2,15,18)(H,16,19)/t11-,12-/m0/s1. The normalized spacial score (nSPS) is 21.6. The van der Waals surface area contributed by atoms with E-state index in [2.05, 4.69) is 5.32 Å². The number of carbonyl (C=O) groups excluding carboxylic acids is 2. The van der Waals surface area contributed by atoms with Crippen molar-refractivity contribution >= 4 is 11.9 Å². The van der Waals surface area contributed by atoms with Crippen LogP contribution in [0, 0.1) is 0 Å². The minimum atomic E-state index is -0.615. The molecule has 6 nitrogen and oxygen atoms in total. The quantitative estimate of drug-likeness (QED) is 0.850. The molecule has 1 aromatic carbocycles. The Labute approximate surface area is 117 Å². The average Bonchev–Trinajstić information content (AvgIpc) is 2.84. The molecule has 108 valence electrons. The number of hydrogen-bond acceptors (Lipinski definition) is 3. The molecular formula is C14H19N3O3. The van der Waals surface area contributed by atoms with Gasteiger partial charge in [0.15, 0.2) is 0 Å². The maximum absolute atomic E-state index is 11.9. The third kappa shape index (κ3) is 3.20. The van der Waals surface area contributed by atoms with Gasteiger partial charge in [0.25, 0.3) is 0 Å². The molecule has 3 N–H and O–H groups in total. The third-order valence-electron chi connectivity index (χ3n) is 3.23. The summed E-state index contributed by atoms with van der Waals surface area (Å²) >= 11 is 0. The molecule has 0 saturated carbocycles. The van der Waals surface area contributed by atoms with Gasteiger partial charge in [-0.15, -0.1) is 0 Å². The van der Waals surface area contributed by atoms with Crippen LogP contribution in [-0.4, -0.2) is 42.1 Å². The lowest BCUT2D eigenvalue weighted by molar-refractivity contribution is -0.121. The maximum atomic E-state index is 11.9. The average molecular weight is 277 g/mol. The van der Waals surface area contributed by atoms with Crippen molar-refractivity contribution < 1.29 is 14.3 Å². The monoisotopic (exact) mass is 277 g/mol. The molecule has 1 saturated heterocycles. The van der Waals surface area contributed by atoms with E-state index in [1.165, 1.54) is 4.90 Å². The second-order valence-electron chi connectivity index (χ2n) is 4.69. The molecule has 0 spiro atoms. The Balaban J connectivity index is 2.04. The van der Waals surface area contributed by atoms with Crippen molar-refractivity contribution in [3.63, 3.8) is 0 Å². The number of ether oxygens (including phenoxy) is 1. The van der Waals surface area contributed by atoms with Crippen molar-refractivity contribution in [2.45, 2.75) is 25.5 Å². The lowest BCUT2D eigenvalue weighted by atomic mass is 10.2. The molecule has 1 aromatic rings. The van der Waals surface area contributed by atoms with E-state index in [1.54, 1.807) is 0 Å². The summed E-state index contributed by atoms with van der Waals surface area (Å²) in [5.74, 6) is 0.217. The van der Waals surface area contributed by atoms with Gasteiger partial charge in [-0.3, -0.25) is 4.79 Å². The summed E-state index contributed by atoms with van der Waals surface area (Å²) in [7, 11) is 0. The molecule has 20 heavy (non-hydrogen) atoms. The van der Waals surface area contributed by atoms with Crippen LogP contribution in [0.2, 0.25) is 0 Å². The van der Waals surface area contributed by atoms with Gasteiger partial charge in [0.2, 0.25) is 5.91 Å². The first kappa shape index (κ1) is 14.2. The summed E-state index contributed by atoms with van der Waals surface area (Å²) in [6.45, 7) is 2.69. The van der Waals surface area contributed by atoms with E-state index in [-0.39, 0.29) is 12.1 Å². The molecule has 0 bridgehead atoms. The lowest BCUT2D eigenvalue weighted by Crippen LogP contribution is -2.48. The number of para-hydroxylation sites is 1. The molecule has 2 rings (SSSR count). The largest absolute Gasteiger partial charge is 0.488 e. The van der Waals surface area contributed by atoms with E-state index in [1.807, 2.05) is 37.3 Å². The van der Waals surface area contributed by atoms with E-state index < -0.39 is 11.9 Å². The van der Waals surface area contributed by atoms with Gasteiger partial charge < -0.3 is 20.7 Å². The predicted molar refractivity (Wildman–Crippen MR) is 74.2 cm³/mol. The predicted octanol–water partition coefficient (Wildman–Crippen LogP) is 0.723. The zero-order valence-electron chi connectivity index (χ0n) is 11.4. The van der Waals surface area contributed by atoms with Crippen molar-refractivity contribution in [3.05, 3.63) is 30.3 Å². The number of primary amides is 1. The Kier molecular flexibility index (Phi) is 4.45. The number of amides is 3. The van der Waals surface area contributed by atoms with E-state index in [0.717, 1.165) is 5.75 Å². The summed E-state index contributed by atoms with van der Waals surface area (Å²) in [6, 6.07) is 8.43. The van der Waals surface area contributed by atoms with Crippen LogP contribution in [0.3, 0.4) is 0 Å².